The Labute approximate surface area is 194 Å². The number of allylic oxidation sites excluding steroid dienone is 1. The second kappa shape index (κ2) is 9.17. The van der Waals surface area contributed by atoms with Crippen molar-refractivity contribution in [1.29, 1.82) is 0 Å². The maximum absolute atomic E-state index is 15.2. The van der Waals surface area contributed by atoms with Crippen molar-refractivity contribution in [2.24, 2.45) is 0 Å². The maximum Gasteiger partial charge on any atom is 0.303 e. The molecule has 0 aliphatic heterocycles. The summed E-state index contributed by atoms with van der Waals surface area (Å²) >= 11 is 0. The van der Waals surface area contributed by atoms with Crippen molar-refractivity contribution >= 4 is 22.4 Å². The summed E-state index contributed by atoms with van der Waals surface area (Å²) in [5.74, 6) is -4.77. The maximum atomic E-state index is 15.2. The Morgan fingerprint density at radius 1 is 1.29 bits per heavy atom. The van der Waals surface area contributed by atoms with Crippen LogP contribution in [0.5, 0.6) is 0 Å². The molecule has 3 rings (SSSR count). The molecule has 34 heavy (non-hydrogen) atoms. The zero-order valence-corrected chi connectivity index (χ0v) is 19.3. The largest absolute Gasteiger partial charge is 0.384 e. The number of pyridine rings is 1. The van der Waals surface area contributed by atoms with Crippen LogP contribution in [0.2, 0.25) is 0 Å². The van der Waals surface area contributed by atoms with Gasteiger partial charge in [0, 0.05) is 29.4 Å². The minimum absolute atomic E-state index is 0.0505. The number of nitrogens with zero attached hydrogens (tertiary/aromatic N) is 3. The SMILES string of the molecule is C=C(CCF)n1cc2c(N[C@H](C)c3cccc(C(F)(F)C(C)(C)O)c3F)ncnc2c(C)c1=O. The van der Waals surface area contributed by atoms with E-state index in [1.165, 1.54) is 29.2 Å². The average Bonchev–Trinajstić information content (AvgIpc) is 2.75. The summed E-state index contributed by atoms with van der Waals surface area (Å²) in [6.45, 7) is 7.99. The van der Waals surface area contributed by atoms with Crippen molar-refractivity contribution in [3.05, 3.63) is 70.2 Å². The molecule has 1 aromatic carbocycles. The van der Waals surface area contributed by atoms with E-state index in [1.54, 1.807) is 13.8 Å². The fourth-order valence-electron chi connectivity index (χ4n) is 3.60. The number of hydrogen-bond donors (Lipinski definition) is 2. The van der Waals surface area contributed by atoms with Crippen LogP contribution in [0.4, 0.5) is 23.4 Å². The molecule has 182 valence electrons. The highest BCUT2D eigenvalue weighted by Crippen LogP contribution is 2.41. The van der Waals surface area contributed by atoms with E-state index in [-0.39, 0.29) is 29.1 Å². The van der Waals surface area contributed by atoms with Crippen LogP contribution >= 0.6 is 0 Å². The van der Waals surface area contributed by atoms with Crippen molar-refractivity contribution in [3.63, 3.8) is 0 Å². The first-order valence-corrected chi connectivity index (χ1v) is 10.6. The number of aliphatic hydroxyl groups is 1. The van der Waals surface area contributed by atoms with E-state index < -0.39 is 41.2 Å². The molecule has 2 N–H and O–H groups in total. The monoisotopic (exact) mass is 478 g/mol. The predicted octanol–water partition coefficient (Wildman–Crippen LogP) is 5.11. The van der Waals surface area contributed by atoms with Crippen LogP contribution in [0.1, 0.15) is 49.9 Å². The summed E-state index contributed by atoms with van der Waals surface area (Å²) in [7, 11) is 0. The number of anilines is 1. The molecule has 2 aromatic heterocycles. The van der Waals surface area contributed by atoms with Gasteiger partial charge in [0.25, 0.3) is 5.56 Å². The molecule has 0 amide bonds. The van der Waals surface area contributed by atoms with E-state index in [9.17, 15) is 23.1 Å². The number of halogens is 4. The Balaban J connectivity index is 2.08. The fourth-order valence-corrected chi connectivity index (χ4v) is 3.60. The molecule has 10 heteroatoms. The standard InChI is InChI=1S/C24H26F4N4O2/c1-13(9-10-25)32-11-17-20(14(2)22(32)33)29-12-30-21(17)31-15(3)16-7-6-8-18(19(16)26)24(27,28)23(4,5)34/h6-8,11-12,15,34H,1,9-10H2,2-5H3,(H,29,30,31)/t15-/m1/s1. The summed E-state index contributed by atoms with van der Waals surface area (Å²) in [6, 6.07) is 2.74. The number of alkyl halides is 3. The van der Waals surface area contributed by atoms with Crippen LogP contribution in [0.25, 0.3) is 16.6 Å². The topological polar surface area (TPSA) is 80.0 Å². The molecule has 0 fully saturated rings. The number of fused-ring (bicyclic) bond motifs is 1. The lowest BCUT2D eigenvalue weighted by Crippen LogP contribution is -2.41. The van der Waals surface area contributed by atoms with Gasteiger partial charge in [-0.1, -0.05) is 18.7 Å². The molecular formula is C24H26F4N4O2. The smallest absolute Gasteiger partial charge is 0.303 e. The first kappa shape index (κ1) is 25.4. The van der Waals surface area contributed by atoms with Gasteiger partial charge >= 0.3 is 5.92 Å². The minimum atomic E-state index is -3.83. The Morgan fingerprint density at radius 2 is 1.97 bits per heavy atom. The van der Waals surface area contributed by atoms with Crippen LogP contribution in [0.15, 0.2) is 42.1 Å². The van der Waals surface area contributed by atoms with Crippen LogP contribution < -0.4 is 10.9 Å². The van der Waals surface area contributed by atoms with Gasteiger partial charge in [-0.15, -0.1) is 0 Å². The second-order valence-corrected chi connectivity index (χ2v) is 8.63. The quantitative estimate of drug-likeness (QED) is 0.440. The van der Waals surface area contributed by atoms with Gasteiger partial charge in [0.1, 0.15) is 23.6 Å². The van der Waals surface area contributed by atoms with Gasteiger partial charge in [-0.2, -0.15) is 8.78 Å². The van der Waals surface area contributed by atoms with Crippen LogP contribution in [-0.4, -0.2) is 31.9 Å². The van der Waals surface area contributed by atoms with Gasteiger partial charge in [-0.3, -0.25) is 13.8 Å². The molecular weight excluding hydrogens is 452 g/mol. The number of benzene rings is 1. The van der Waals surface area contributed by atoms with E-state index in [0.29, 0.717) is 10.9 Å². The highest BCUT2D eigenvalue weighted by molar-refractivity contribution is 5.90. The third-order valence-electron chi connectivity index (χ3n) is 5.72. The molecule has 0 aliphatic rings. The molecule has 2 heterocycles. The lowest BCUT2D eigenvalue weighted by molar-refractivity contribution is -0.170. The van der Waals surface area contributed by atoms with E-state index in [0.717, 1.165) is 19.9 Å². The van der Waals surface area contributed by atoms with Gasteiger partial charge in [-0.05, 0) is 33.8 Å². The molecule has 0 aliphatic carbocycles. The lowest BCUT2D eigenvalue weighted by Gasteiger charge is -2.30. The number of aromatic nitrogens is 3. The number of hydrogen-bond acceptors (Lipinski definition) is 5. The summed E-state index contributed by atoms with van der Waals surface area (Å²) in [6.07, 6.45) is 2.60. The van der Waals surface area contributed by atoms with Crippen molar-refractivity contribution in [1.82, 2.24) is 14.5 Å². The third-order valence-corrected chi connectivity index (χ3v) is 5.72. The summed E-state index contributed by atoms with van der Waals surface area (Å²) < 4.78 is 58.6. The fraction of sp³-hybridized carbons (Fsp3) is 0.375. The normalized spacial score (nSPS) is 13.2. The summed E-state index contributed by atoms with van der Waals surface area (Å²) in [5, 5.41) is 13.2. The highest BCUT2D eigenvalue weighted by atomic mass is 19.3. The Morgan fingerprint density at radius 3 is 2.59 bits per heavy atom. The zero-order chi connectivity index (χ0) is 25.4. The number of nitrogens with one attached hydrogen (secondary N) is 1. The van der Waals surface area contributed by atoms with Crippen molar-refractivity contribution in [2.75, 3.05) is 12.0 Å². The summed E-state index contributed by atoms with van der Waals surface area (Å²) in [5.41, 5.74) is -3.01. The van der Waals surface area contributed by atoms with Crippen LogP contribution in [-0.2, 0) is 5.92 Å². The lowest BCUT2D eigenvalue weighted by atomic mass is 9.91. The van der Waals surface area contributed by atoms with Gasteiger partial charge in [0.2, 0.25) is 0 Å². The van der Waals surface area contributed by atoms with E-state index in [4.69, 9.17) is 0 Å². The molecule has 0 saturated heterocycles. The van der Waals surface area contributed by atoms with Gasteiger partial charge in [0.15, 0.2) is 0 Å². The van der Waals surface area contributed by atoms with Gasteiger partial charge in [0.05, 0.1) is 29.2 Å². The minimum Gasteiger partial charge on any atom is -0.384 e. The van der Waals surface area contributed by atoms with Crippen molar-refractivity contribution < 1.29 is 22.7 Å². The first-order valence-electron chi connectivity index (χ1n) is 10.6. The third kappa shape index (κ3) is 4.42. The zero-order valence-electron chi connectivity index (χ0n) is 19.3. The predicted molar refractivity (Wildman–Crippen MR) is 123 cm³/mol. The second-order valence-electron chi connectivity index (χ2n) is 8.63. The van der Waals surface area contributed by atoms with E-state index in [1.807, 2.05) is 0 Å². The Bertz CT molecular complexity index is 1300. The van der Waals surface area contributed by atoms with Gasteiger partial charge in [-0.25, -0.2) is 14.4 Å². The van der Waals surface area contributed by atoms with Crippen molar-refractivity contribution in [3.8, 4) is 0 Å². The number of rotatable bonds is 8. The van der Waals surface area contributed by atoms with Crippen LogP contribution in [0, 0.1) is 12.7 Å². The average molecular weight is 478 g/mol. The Hall–Kier alpha value is -3.27. The number of aryl methyl sites for hydroxylation is 1. The first-order chi connectivity index (χ1) is 15.8. The molecule has 0 bridgehead atoms. The van der Waals surface area contributed by atoms with E-state index in [2.05, 4.69) is 21.9 Å². The van der Waals surface area contributed by atoms with Gasteiger partial charge < -0.3 is 10.4 Å². The molecule has 0 unspecified atom stereocenters. The molecule has 6 nitrogen and oxygen atoms in total. The van der Waals surface area contributed by atoms with Crippen molar-refractivity contribution in [2.45, 2.75) is 51.7 Å². The molecule has 0 spiro atoms. The molecule has 0 saturated carbocycles. The highest BCUT2D eigenvalue weighted by Gasteiger charge is 2.49. The molecule has 3 aromatic rings. The molecule has 0 radical (unpaired) electrons. The van der Waals surface area contributed by atoms with E-state index >= 15 is 4.39 Å². The molecule has 1 atom stereocenters. The Kier molecular flexibility index (Phi) is 6.84. The summed E-state index contributed by atoms with van der Waals surface area (Å²) in [4.78, 5) is 21.0. The van der Waals surface area contributed by atoms with Crippen LogP contribution in [0.3, 0.4) is 0 Å².